The Balaban J connectivity index is 1.56. The summed E-state index contributed by atoms with van der Waals surface area (Å²) in [5.74, 6) is -0.154. The predicted octanol–water partition coefficient (Wildman–Crippen LogP) is 4.83. The van der Waals surface area contributed by atoms with Crippen LogP contribution in [-0.2, 0) is 35.5 Å². The lowest BCUT2D eigenvalue weighted by Gasteiger charge is -2.26. The molecule has 13 heteroatoms. The molecule has 192 valence electrons. The number of nitrogens with zero attached hydrogens (tertiary/aromatic N) is 4. The van der Waals surface area contributed by atoms with Gasteiger partial charge in [0, 0.05) is 37.3 Å². The zero-order valence-corrected chi connectivity index (χ0v) is 21.9. The summed E-state index contributed by atoms with van der Waals surface area (Å²) in [7, 11) is 0.181. The summed E-state index contributed by atoms with van der Waals surface area (Å²) >= 11 is 7.47. The molecule has 4 heterocycles. The Morgan fingerprint density at radius 1 is 1.08 bits per heavy atom. The highest BCUT2D eigenvalue weighted by Crippen LogP contribution is 2.42. The number of anilines is 2. The van der Waals surface area contributed by atoms with Crippen LogP contribution in [0.1, 0.15) is 21.6 Å². The first kappa shape index (κ1) is 25.4. The molecule has 0 spiro atoms. The van der Waals surface area contributed by atoms with Crippen LogP contribution in [0.5, 0.6) is 0 Å². The lowest BCUT2D eigenvalue weighted by atomic mass is 9.99. The molecular weight excluding hydrogens is 535 g/mol. The van der Waals surface area contributed by atoms with E-state index in [0.717, 1.165) is 48.2 Å². The van der Waals surface area contributed by atoms with Crippen LogP contribution in [0, 0.1) is 0 Å². The maximum absolute atomic E-state index is 13.9. The van der Waals surface area contributed by atoms with Crippen molar-refractivity contribution >= 4 is 44.4 Å². The van der Waals surface area contributed by atoms with Crippen molar-refractivity contribution in [2.45, 2.75) is 30.6 Å². The van der Waals surface area contributed by atoms with E-state index in [1.807, 2.05) is 24.1 Å². The van der Waals surface area contributed by atoms with Crippen molar-refractivity contribution in [2.24, 2.45) is 0 Å². The summed E-state index contributed by atoms with van der Waals surface area (Å²) in [6.07, 6.45) is -3.18. The zero-order chi connectivity index (χ0) is 25.8. The fourth-order valence-electron chi connectivity index (χ4n) is 4.39. The van der Waals surface area contributed by atoms with Crippen molar-refractivity contribution in [3.63, 3.8) is 0 Å². The molecule has 1 N–H and O–H groups in total. The summed E-state index contributed by atoms with van der Waals surface area (Å²) in [6.45, 7) is 2.33. The summed E-state index contributed by atoms with van der Waals surface area (Å²) in [6, 6.07) is 5.02. The van der Waals surface area contributed by atoms with Crippen LogP contribution in [-0.4, -0.2) is 61.1 Å². The molecule has 2 aliphatic heterocycles. The van der Waals surface area contributed by atoms with Crippen LogP contribution in [0.15, 0.2) is 29.3 Å². The lowest BCUT2D eigenvalue weighted by Crippen LogP contribution is -2.26. The number of aromatic nitrogens is 2. The highest BCUT2D eigenvalue weighted by Gasteiger charge is 2.37. The summed E-state index contributed by atoms with van der Waals surface area (Å²) in [5, 5.41) is 3.37. The Labute approximate surface area is 215 Å². The van der Waals surface area contributed by atoms with E-state index in [1.165, 1.54) is 6.07 Å². The van der Waals surface area contributed by atoms with E-state index in [2.05, 4.69) is 20.2 Å². The van der Waals surface area contributed by atoms with Gasteiger partial charge in [0.2, 0.25) is 5.95 Å². The standard InChI is InChI=1S/C23H23ClF3N5O2S2/c1-31-4-3-13-8-17(16(24)7-14(13)11-31)29-22-28-10-15(23(25,26)27)21(30-22)18-9-20-19(35-18)12-32(2)5-6-36(20,33)34/h7-10H,3-6,11-12H2,1-2H3,(H,28,29,30). The largest absolute Gasteiger partial charge is 0.420 e. The zero-order valence-electron chi connectivity index (χ0n) is 19.5. The molecule has 7 nitrogen and oxygen atoms in total. The van der Waals surface area contributed by atoms with Gasteiger partial charge in [-0.3, -0.25) is 0 Å². The van der Waals surface area contributed by atoms with E-state index < -0.39 is 21.6 Å². The molecule has 0 bridgehead atoms. The number of sulfone groups is 1. The molecule has 0 radical (unpaired) electrons. The van der Waals surface area contributed by atoms with Crippen LogP contribution < -0.4 is 5.32 Å². The van der Waals surface area contributed by atoms with Gasteiger partial charge in [0.15, 0.2) is 9.84 Å². The molecule has 0 aliphatic carbocycles. The molecule has 5 rings (SSSR count). The second-order valence-corrected chi connectivity index (χ2v) is 12.7. The Morgan fingerprint density at radius 2 is 1.83 bits per heavy atom. The maximum atomic E-state index is 13.9. The Kier molecular flexibility index (Phi) is 6.53. The molecular formula is C23H23ClF3N5O2S2. The highest BCUT2D eigenvalue weighted by atomic mass is 35.5. The Hall–Kier alpha value is -2.25. The van der Waals surface area contributed by atoms with Crippen LogP contribution >= 0.6 is 22.9 Å². The van der Waals surface area contributed by atoms with E-state index in [9.17, 15) is 21.6 Å². The quantitative estimate of drug-likeness (QED) is 0.494. The van der Waals surface area contributed by atoms with E-state index >= 15 is 0 Å². The molecule has 2 aromatic heterocycles. The molecule has 0 atom stereocenters. The van der Waals surface area contributed by atoms with Crippen LogP contribution in [0.3, 0.4) is 0 Å². The lowest BCUT2D eigenvalue weighted by molar-refractivity contribution is -0.137. The molecule has 0 saturated carbocycles. The second kappa shape index (κ2) is 9.25. The van der Waals surface area contributed by atoms with E-state index in [1.54, 1.807) is 7.05 Å². The average molecular weight is 558 g/mol. The van der Waals surface area contributed by atoms with Gasteiger partial charge < -0.3 is 15.1 Å². The second-order valence-electron chi connectivity index (χ2n) is 9.12. The summed E-state index contributed by atoms with van der Waals surface area (Å²) in [5.41, 5.74) is 1.29. The fraction of sp³-hybridized carbons (Fsp3) is 0.391. The maximum Gasteiger partial charge on any atom is 0.420 e. The first-order valence-corrected chi connectivity index (χ1v) is 14.0. The van der Waals surface area contributed by atoms with E-state index in [0.29, 0.717) is 28.7 Å². The van der Waals surface area contributed by atoms with Gasteiger partial charge in [0.25, 0.3) is 0 Å². The van der Waals surface area contributed by atoms with Gasteiger partial charge in [-0.15, -0.1) is 11.3 Å². The van der Waals surface area contributed by atoms with Crippen molar-refractivity contribution in [1.29, 1.82) is 0 Å². The van der Waals surface area contributed by atoms with Crippen molar-refractivity contribution in [3.8, 4) is 10.6 Å². The predicted molar refractivity (Wildman–Crippen MR) is 134 cm³/mol. The fourth-order valence-corrected chi connectivity index (χ4v) is 7.82. The topological polar surface area (TPSA) is 78.4 Å². The number of fused-ring (bicyclic) bond motifs is 2. The minimum absolute atomic E-state index is 0.0589. The number of thiophene rings is 1. The van der Waals surface area contributed by atoms with Gasteiger partial charge in [-0.05, 0) is 49.8 Å². The summed E-state index contributed by atoms with van der Waals surface area (Å²) < 4.78 is 67.2. The van der Waals surface area contributed by atoms with Gasteiger partial charge in [0.1, 0.15) is 5.56 Å². The highest BCUT2D eigenvalue weighted by molar-refractivity contribution is 7.91. The molecule has 0 saturated heterocycles. The number of hydrogen-bond acceptors (Lipinski definition) is 8. The normalized spacial score (nSPS) is 18.4. The van der Waals surface area contributed by atoms with Crippen LogP contribution in [0.2, 0.25) is 5.02 Å². The van der Waals surface area contributed by atoms with E-state index in [-0.39, 0.29) is 27.2 Å². The molecule has 1 aromatic carbocycles. The first-order valence-electron chi connectivity index (χ1n) is 11.2. The number of halogens is 4. The number of hydrogen-bond donors (Lipinski definition) is 1. The third kappa shape index (κ3) is 4.97. The van der Waals surface area contributed by atoms with Gasteiger partial charge in [0.05, 0.1) is 31.9 Å². The third-order valence-electron chi connectivity index (χ3n) is 6.33. The SMILES string of the molecule is CN1CCc2cc(Nc3ncc(C(F)(F)F)c(-c4cc5c(s4)CN(C)CCS5(=O)=O)n3)c(Cl)cc2C1. The van der Waals surface area contributed by atoms with Gasteiger partial charge in [-0.2, -0.15) is 13.2 Å². The number of alkyl halides is 3. The number of likely N-dealkylation sites (N-methyl/N-ethyl adjacent to an activating group) is 1. The third-order valence-corrected chi connectivity index (χ3v) is 9.65. The number of rotatable bonds is 3. The Bertz CT molecular complexity index is 1440. The van der Waals surface area contributed by atoms with Crippen molar-refractivity contribution in [2.75, 3.05) is 38.3 Å². The molecule has 0 fully saturated rings. The minimum atomic E-state index is -4.72. The smallest absolute Gasteiger partial charge is 0.323 e. The van der Waals surface area contributed by atoms with E-state index in [4.69, 9.17) is 11.6 Å². The molecule has 0 amide bonds. The Morgan fingerprint density at radius 3 is 2.58 bits per heavy atom. The average Bonchev–Trinajstić information content (AvgIpc) is 3.18. The van der Waals surface area contributed by atoms with Crippen molar-refractivity contribution < 1.29 is 21.6 Å². The summed E-state index contributed by atoms with van der Waals surface area (Å²) in [4.78, 5) is 12.8. The van der Waals surface area contributed by atoms with Gasteiger partial charge in [-0.25, -0.2) is 18.4 Å². The van der Waals surface area contributed by atoms with Gasteiger partial charge in [-0.1, -0.05) is 11.6 Å². The number of benzene rings is 1. The molecule has 36 heavy (non-hydrogen) atoms. The first-order chi connectivity index (χ1) is 16.9. The molecule has 0 unspecified atom stereocenters. The van der Waals surface area contributed by atoms with Crippen molar-refractivity contribution in [3.05, 3.63) is 51.0 Å². The van der Waals surface area contributed by atoms with Crippen LogP contribution in [0.4, 0.5) is 24.8 Å². The molecule has 3 aromatic rings. The van der Waals surface area contributed by atoms with Crippen molar-refractivity contribution in [1.82, 2.24) is 19.8 Å². The monoisotopic (exact) mass is 557 g/mol. The molecule has 2 aliphatic rings. The number of nitrogens with one attached hydrogen (secondary N) is 1. The van der Waals surface area contributed by atoms with Gasteiger partial charge >= 0.3 is 6.18 Å². The minimum Gasteiger partial charge on any atom is -0.323 e. The van der Waals surface area contributed by atoms with Crippen LogP contribution in [0.25, 0.3) is 10.6 Å².